The van der Waals surface area contributed by atoms with E-state index in [9.17, 15) is 9.59 Å². The highest BCUT2D eigenvalue weighted by Crippen LogP contribution is 2.32. The van der Waals surface area contributed by atoms with Gasteiger partial charge in [0.15, 0.2) is 0 Å². The molecular weight excluding hydrogens is 457 g/mol. The summed E-state index contributed by atoms with van der Waals surface area (Å²) in [5.41, 5.74) is -0.467. The largest absolute Gasteiger partial charge is 0.456 e. The molecule has 0 saturated carbocycles. The van der Waals surface area contributed by atoms with Gasteiger partial charge in [0.2, 0.25) is 0 Å². The third-order valence-corrected chi connectivity index (χ3v) is 6.04. The Balaban J connectivity index is 1.92. The number of rotatable bonds is 5. The van der Waals surface area contributed by atoms with Gasteiger partial charge in [-0.1, -0.05) is 13.0 Å². The summed E-state index contributed by atoms with van der Waals surface area (Å²) in [6.45, 7) is 11.0. The monoisotopic (exact) mass is 487 g/mol. The molecule has 0 aliphatic carbocycles. The average molecular weight is 487 g/mol. The molecule has 0 radical (unpaired) electrons. The van der Waals surface area contributed by atoms with Crippen molar-refractivity contribution in [2.24, 2.45) is 5.92 Å². The molecule has 1 fully saturated rings. The number of nitrogens with zero attached hydrogens (tertiary/aromatic N) is 1. The average Bonchev–Trinajstić information content (AvgIpc) is 2.61. The lowest BCUT2D eigenvalue weighted by Gasteiger charge is -2.40. The van der Waals surface area contributed by atoms with Crippen molar-refractivity contribution in [1.29, 1.82) is 0 Å². The van der Waals surface area contributed by atoms with Crippen LogP contribution in [0.1, 0.15) is 64.2 Å². The van der Waals surface area contributed by atoms with Crippen LogP contribution < -0.4 is 0 Å². The molecular formula is C21H30INO4. The Morgan fingerprint density at radius 1 is 1.15 bits per heavy atom. The van der Waals surface area contributed by atoms with E-state index in [0.29, 0.717) is 18.7 Å². The highest BCUT2D eigenvalue weighted by Gasteiger charge is 2.38. The van der Waals surface area contributed by atoms with Gasteiger partial charge in [0, 0.05) is 22.6 Å². The maximum Gasteiger partial charge on any atom is 0.410 e. The molecule has 0 unspecified atom stereocenters. The Morgan fingerprint density at radius 3 is 2.33 bits per heavy atom. The first-order valence-corrected chi connectivity index (χ1v) is 10.6. The van der Waals surface area contributed by atoms with E-state index >= 15 is 0 Å². The predicted molar refractivity (Wildman–Crippen MR) is 114 cm³/mol. The van der Waals surface area contributed by atoms with Gasteiger partial charge in [-0.2, -0.15) is 0 Å². The fourth-order valence-corrected chi connectivity index (χ4v) is 3.67. The minimum absolute atomic E-state index is 0.201. The van der Waals surface area contributed by atoms with Crippen LogP contribution in [0.25, 0.3) is 0 Å². The Kier molecular flexibility index (Phi) is 7.16. The van der Waals surface area contributed by atoms with Crippen LogP contribution in [0.5, 0.6) is 0 Å². The van der Waals surface area contributed by atoms with E-state index in [1.165, 1.54) is 0 Å². The molecule has 0 bridgehead atoms. The molecule has 1 saturated heterocycles. The molecule has 1 aliphatic heterocycles. The third-order valence-electron chi connectivity index (χ3n) is 5.37. The second-order valence-corrected chi connectivity index (χ2v) is 9.49. The number of esters is 1. The van der Waals surface area contributed by atoms with Crippen LogP contribution in [0, 0.1) is 9.49 Å². The maximum absolute atomic E-state index is 12.5. The zero-order chi connectivity index (χ0) is 20.2. The molecule has 5 nitrogen and oxygen atoms in total. The van der Waals surface area contributed by atoms with Gasteiger partial charge in [-0.05, 0) is 87.7 Å². The van der Waals surface area contributed by atoms with Gasteiger partial charge < -0.3 is 14.4 Å². The van der Waals surface area contributed by atoms with E-state index in [1.807, 2.05) is 52.8 Å². The number of hydrogen-bond acceptors (Lipinski definition) is 4. The van der Waals surface area contributed by atoms with Crippen molar-refractivity contribution < 1.29 is 19.1 Å². The van der Waals surface area contributed by atoms with Crippen LogP contribution in [0.4, 0.5) is 4.79 Å². The number of likely N-dealkylation sites (tertiary alicyclic amines) is 1. The van der Waals surface area contributed by atoms with Gasteiger partial charge in [-0.15, -0.1) is 0 Å². The molecule has 1 aromatic carbocycles. The van der Waals surface area contributed by atoms with Gasteiger partial charge in [-0.25, -0.2) is 9.59 Å². The van der Waals surface area contributed by atoms with Crippen molar-refractivity contribution in [3.8, 4) is 0 Å². The van der Waals surface area contributed by atoms with E-state index in [-0.39, 0.29) is 18.0 Å². The standard InChI is InChI=1S/C21H30INO4/c1-6-20(2,3)27-19(25)23-12-10-16(11-13-23)21(4,5)26-18(24)15-8-7-9-17(22)14-15/h7-9,14,16H,6,10-13H2,1-5H3. The van der Waals surface area contributed by atoms with E-state index in [2.05, 4.69) is 22.6 Å². The van der Waals surface area contributed by atoms with Crippen molar-refractivity contribution in [3.63, 3.8) is 0 Å². The van der Waals surface area contributed by atoms with Crippen molar-refractivity contribution >= 4 is 34.7 Å². The second kappa shape index (κ2) is 8.80. The van der Waals surface area contributed by atoms with E-state index in [4.69, 9.17) is 9.47 Å². The fourth-order valence-electron chi connectivity index (χ4n) is 3.13. The molecule has 2 rings (SSSR count). The van der Waals surface area contributed by atoms with Crippen molar-refractivity contribution in [2.45, 2.75) is 65.1 Å². The Morgan fingerprint density at radius 2 is 1.78 bits per heavy atom. The molecule has 1 aromatic rings. The van der Waals surface area contributed by atoms with Gasteiger partial charge in [-0.3, -0.25) is 0 Å². The quantitative estimate of drug-likeness (QED) is 0.420. The normalized spacial score (nSPS) is 16.1. The molecule has 0 N–H and O–H groups in total. The number of piperidine rings is 1. The first-order chi connectivity index (χ1) is 12.5. The summed E-state index contributed by atoms with van der Waals surface area (Å²) < 4.78 is 12.4. The van der Waals surface area contributed by atoms with Crippen LogP contribution in [0.15, 0.2) is 24.3 Å². The molecule has 27 heavy (non-hydrogen) atoms. The highest BCUT2D eigenvalue weighted by molar-refractivity contribution is 14.1. The maximum atomic E-state index is 12.5. The zero-order valence-corrected chi connectivity index (χ0v) is 19.0. The minimum atomic E-state index is -0.586. The van der Waals surface area contributed by atoms with Gasteiger partial charge in [0.25, 0.3) is 0 Å². The zero-order valence-electron chi connectivity index (χ0n) is 16.9. The van der Waals surface area contributed by atoms with Crippen LogP contribution in [-0.4, -0.2) is 41.3 Å². The Labute approximate surface area is 175 Å². The number of halogens is 1. The SMILES string of the molecule is CCC(C)(C)OC(=O)N1CCC(C(C)(C)OC(=O)c2cccc(I)c2)CC1. The number of hydrogen-bond donors (Lipinski definition) is 0. The number of carbonyl (C=O) groups is 2. The third kappa shape index (κ3) is 6.09. The molecule has 6 heteroatoms. The number of benzene rings is 1. The van der Waals surface area contributed by atoms with E-state index in [1.54, 1.807) is 11.0 Å². The molecule has 0 atom stereocenters. The van der Waals surface area contributed by atoms with Crippen molar-refractivity contribution in [2.75, 3.05) is 13.1 Å². The van der Waals surface area contributed by atoms with Crippen molar-refractivity contribution in [3.05, 3.63) is 33.4 Å². The molecule has 1 amide bonds. The first kappa shape index (κ1) is 22.0. The van der Waals surface area contributed by atoms with Crippen molar-refractivity contribution in [1.82, 2.24) is 4.90 Å². The fraction of sp³-hybridized carbons (Fsp3) is 0.619. The summed E-state index contributed by atoms with van der Waals surface area (Å²) in [5.74, 6) is -0.0995. The van der Waals surface area contributed by atoms with E-state index < -0.39 is 11.2 Å². The van der Waals surface area contributed by atoms with Crippen LogP contribution in [-0.2, 0) is 9.47 Å². The molecule has 1 aliphatic rings. The lowest BCUT2D eigenvalue weighted by atomic mass is 9.83. The number of carbonyl (C=O) groups excluding carboxylic acids is 2. The van der Waals surface area contributed by atoms with Crippen LogP contribution in [0.2, 0.25) is 0 Å². The topological polar surface area (TPSA) is 55.8 Å². The minimum Gasteiger partial charge on any atom is -0.456 e. The number of amides is 1. The Hall–Kier alpha value is -1.31. The summed E-state index contributed by atoms with van der Waals surface area (Å²) in [7, 11) is 0. The smallest absolute Gasteiger partial charge is 0.410 e. The van der Waals surface area contributed by atoms with Gasteiger partial charge in [0.1, 0.15) is 11.2 Å². The molecule has 0 aromatic heterocycles. The summed E-state index contributed by atoms with van der Waals surface area (Å²) in [6.07, 6.45) is 2.09. The molecule has 1 heterocycles. The van der Waals surface area contributed by atoms with E-state index in [0.717, 1.165) is 22.8 Å². The molecule has 150 valence electrons. The number of ether oxygens (including phenoxy) is 2. The summed E-state index contributed by atoms with van der Waals surface area (Å²) >= 11 is 2.18. The van der Waals surface area contributed by atoms with Crippen LogP contribution in [0.3, 0.4) is 0 Å². The summed E-state index contributed by atoms with van der Waals surface area (Å²) in [4.78, 5) is 26.6. The first-order valence-electron chi connectivity index (χ1n) is 9.51. The molecule has 0 spiro atoms. The predicted octanol–water partition coefficient (Wildman–Crippen LogP) is 5.26. The Bertz CT molecular complexity index is 679. The van der Waals surface area contributed by atoms with Gasteiger partial charge >= 0.3 is 12.1 Å². The highest BCUT2D eigenvalue weighted by atomic mass is 127. The lowest BCUT2D eigenvalue weighted by Crippen LogP contribution is -2.47. The summed E-state index contributed by atoms with van der Waals surface area (Å²) in [5, 5.41) is 0. The lowest BCUT2D eigenvalue weighted by molar-refractivity contribution is -0.0488. The second-order valence-electron chi connectivity index (χ2n) is 8.25. The van der Waals surface area contributed by atoms with Crippen LogP contribution >= 0.6 is 22.6 Å². The summed E-state index contributed by atoms with van der Waals surface area (Å²) in [6, 6.07) is 7.39. The van der Waals surface area contributed by atoms with Gasteiger partial charge in [0.05, 0.1) is 5.56 Å².